The molecule has 0 saturated carbocycles. The van der Waals surface area contributed by atoms with Gasteiger partial charge in [0.1, 0.15) is 6.33 Å². The minimum Gasteiger partial charge on any atom is -0.290 e. The summed E-state index contributed by atoms with van der Waals surface area (Å²) in [7, 11) is 1.72. The maximum absolute atomic E-state index is 10.8. The Balaban J connectivity index is 2.85. The second-order valence-electron chi connectivity index (χ2n) is 1.80. The van der Waals surface area contributed by atoms with Crippen molar-refractivity contribution in [2.75, 3.05) is 5.33 Å². The summed E-state index contributed by atoms with van der Waals surface area (Å²) >= 11 is 3.02. The van der Waals surface area contributed by atoms with Crippen LogP contribution in [0.1, 0.15) is 10.6 Å². The number of carbonyl (C=O) groups is 1. The van der Waals surface area contributed by atoms with E-state index >= 15 is 0 Å². The summed E-state index contributed by atoms with van der Waals surface area (Å²) in [6.45, 7) is 0. The molecule has 1 aromatic heterocycles. The van der Waals surface area contributed by atoms with Crippen molar-refractivity contribution in [2.45, 2.75) is 0 Å². The van der Waals surface area contributed by atoms with E-state index in [1.165, 1.54) is 11.0 Å². The standard InChI is InChI=1S/C5H6BrN3O/c1-9-3-7-5(8-9)4(10)2-6/h3H,2H2,1H3. The number of carbonyl (C=O) groups excluding carboxylic acids is 1. The van der Waals surface area contributed by atoms with Gasteiger partial charge in [0.2, 0.25) is 11.6 Å². The zero-order valence-electron chi connectivity index (χ0n) is 5.41. The lowest BCUT2D eigenvalue weighted by Gasteiger charge is -1.84. The van der Waals surface area contributed by atoms with E-state index in [-0.39, 0.29) is 16.9 Å². The Morgan fingerprint density at radius 2 is 2.60 bits per heavy atom. The van der Waals surface area contributed by atoms with Gasteiger partial charge in [-0.25, -0.2) is 4.98 Å². The lowest BCUT2D eigenvalue weighted by Crippen LogP contribution is -2.03. The number of rotatable bonds is 2. The van der Waals surface area contributed by atoms with Crippen LogP contribution in [0, 0.1) is 0 Å². The van der Waals surface area contributed by atoms with E-state index in [0.29, 0.717) is 0 Å². The number of ketones is 1. The number of aryl methyl sites for hydroxylation is 1. The van der Waals surface area contributed by atoms with Crippen molar-refractivity contribution >= 4 is 21.7 Å². The molecule has 0 atom stereocenters. The third kappa shape index (κ3) is 1.41. The van der Waals surface area contributed by atoms with Gasteiger partial charge in [0, 0.05) is 7.05 Å². The number of halogens is 1. The molecule has 10 heavy (non-hydrogen) atoms. The fourth-order valence-corrected chi connectivity index (χ4v) is 0.778. The molecule has 0 radical (unpaired) electrons. The molecular formula is C5H6BrN3O. The molecule has 0 aliphatic rings. The number of Topliss-reactive ketones (excluding diaryl/α,β-unsaturated/α-hetero) is 1. The van der Waals surface area contributed by atoms with E-state index in [1.54, 1.807) is 7.05 Å². The van der Waals surface area contributed by atoms with Gasteiger partial charge in [-0.3, -0.25) is 9.48 Å². The number of aromatic nitrogens is 3. The minimum absolute atomic E-state index is 0.0967. The van der Waals surface area contributed by atoms with E-state index in [2.05, 4.69) is 26.0 Å². The third-order valence-electron chi connectivity index (χ3n) is 0.970. The smallest absolute Gasteiger partial charge is 0.218 e. The highest BCUT2D eigenvalue weighted by Gasteiger charge is 2.07. The quantitative estimate of drug-likeness (QED) is 0.517. The summed E-state index contributed by atoms with van der Waals surface area (Å²) in [5, 5.41) is 4.08. The summed E-state index contributed by atoms with van der Waals surface area (Å²) in [5.74, 6) is 0.167. The highest BCUT2D eigenvalue weighted by Crippen LogP contribution is 1.93. The molecule has 0 spiro atoms. The van der Waals surface area contributed by atoms with Gasteiger partial charge in [0.25, 0.3) is 0 Å². The topological polar surface area (TPSA) is 47.8 Å². The van der Waals surface area contributed by atoms with Gasteiger partial charge in [-0.2, -0.15) is 0 Å². The molecule has 0 saturated heterocycles. The second-order valence-corrected chi connectivity index (χ2v) is 2.36. The van der Waals surface area contributed by atoms with Gasteiger partial charge < -0.3 is 0 Å². The van der Waals surface area contributed by atoms with Crippen LogP contribution in [0.5, 0.6) is 0 Å². The van der Waals surface area contributed by atoms with Crippen molar-refractivity contribution in [2.24, 2.45) is 7.05 Å². The van der Waals surface area contributed by atoms with Crippen LogP contribution in [0.2, 0.25) is 0 Å². The number of alkyl halides is 1. The average molecular weight is 204 g/mol. The van der Waals surface area contributed by atoms with Gasteiger partial charge in [0.05, 0.1) is 5.33 Å². The van der Waals surface area contributed by atoms with E-state index in [0.717, 1.165) is 0 Å². The SMILES string of the molecule is Cn1cnc(C(=O)CBr)n1. The summed E-state index contributed by atoms with van der Waals surface area (Å²) in [6, 6.07) is 0. The molecule has 0 aliphatic carbocycles. The Labute approximate surface area is 66.4 Å². The van der Waals surface area contributed by atoms with Crippen LogP contribution in [0.25, 0.3) is 0 Å². The molecule has 1 heterocycles. The molecule has 0 unspecified atom stereocenters. The van der Waals surface area contributed by atoms with E-state index < -0.39 is 0 Å². The van der Waals surface area contributed by atoms with Crippen molar-refractivity contribution in [3.8, 4) is 0 Å². The van der Waals surface area contributed by atoms with Gasteiger partial charge in [-0.15, -0.1) is 5.10 Å². The zero-order valence-corrected chi connectivity index (χ0v) is 7.00. The van der Waals surface area contributed by atoms with Crippen molar-refractivity contribution in [3.63, 3.8) is 0 Å². The minimum atomic E-state index is -0.0967. The van der Waals surface area contributed by atoms with E-state index in [9.17, 15) is 4.79 Å². The Morgan fingerprint density at radius 3 is 3.00 bits per heavy atom. The van der Waals surface area contributed by atoms with Crippen LogP contribution in [-0.4, -0.2) is 25.9 Å². The summed E-state index contributed by atoms with van der Waals surface area (Å²) in [6.07, 6.45) is 1.50. The van der Waals surface area contributed by atoms with Crippen LogP contribution in [-0.2, 0) is 7.05 Å². The van der Waals surface area contributed by atoms with Crippen molar-refractivity contribution in [1.82, 2.24) is 14.8 Å². The van der Waals surface area contributed by atoms with Crippen LogP contribution in [0.3, 0.4) is 0 Å². The van der Waals surface area contributed by atoms with Crippen LogP contribution >= 0.6 is 15.9 Å². The first-order valence-corrected chi connectivity index (χ1v) is 3.81. The number of hydrogen-bond acceptors (Lipinski definition) is 3. The van der Waals surface area contributed by atoms with Crippen molar-refractivity contribution in [3.05, 3.63) is 12.2 Å². The molecule has 1 rings (SSSR count). The molecule has 1 aromatic rings. The number of hydrogen-bond donors (Lipinski definition) is 0. The fourth-order valence-electron chi connectivity index (χ4n) is 0.527. The average Bonchev–Trinajstić information content (AvgIpc) is 2.34. The predicted octanol–water partition coefficient (Wildman–Crippen LogP) is 0.393. The molecular weight excluding hydrogens is 198 g/mol. The van der Waals surface area contributed by atoms with Crippen LogP contribution in [0.4, 0.5) is 0 Å². The molecule has 0 amide bonds. The predicted molar refractivity (Wildman–Crippen MR) is 39.1 cm³/mol. The first-order valence-electron chi connectivity index (χ1n) is 2.69. The first-order chi connectivity index (χ1) is 4.74. The largest absolute Gasteiger partial charge is 0.290 e. The Kier molecular flexibility index (Phi) is 2.16. The third-order valence-corrected chi connectivity index (χ3v) is 1.48. The first kappa shape index (κ1) is 7.40. The maximum atomic E-state index is 10.8. The molecule has 0 aromatic carbocycles. The summed E-state index contributed by atoms with van der Waals surface area (Å²) in [5.41, 5.74) is 0. The van der Waals surface area contributed by atoms with Crippen LogP contribution < -0.4 is 0 Å². The van der Waals surface area contributed by atoms with Gasteiger partial charge in [0.15, 0.2) is 0 Å². The summed E-state index contributed by atoms with van der Waals surface area (Å²) in [4.78, 5) is 14.6. The fraction of sp³-hybridized carbons (Fsp3) is 0.400. The number of nitrogens with zero attached hydrogens (tertiary/aromatic N) is 3. The zero-order chi connectivity index (χ0) is 7.56. The molecule has 5 heteroatoms. The van der Waals surface area contributed by atoms with Crippen molar-refractivity contribution in [1.29, 1.82) is 0 Å². The molecule has 0 N–H and O–H groups in total. The molecule has 4 nitrogen and oxygen atoms in total. The van der Waals surface area contributed by atoms with Gasteiger partial charge in [-0.1, -0.05) is 15.9 Å². The highest BCUT2D eigenvalue weighted by atomic mass is 79.9. The molecule has 54 valence electrons. The molecule has 0 bridgehead atoms. The summed E-state index contributed by atoms with van der Waals surface area (Å²) < 4.78 is 1.50. The maximum Gasteiger partial charge on any atom is 0.218 e. The second kappa shape index (κ2) is 2.92. The van der Waals surface area contributed by atoms with Gasteiger partial charge in [-0.05, 0) is 0 Å². The Morgan fingerprint density at radius 1 is 1.90 bits per heavy atom. The van der Waals surface area contributed by atoms with E-state index in [4.69, 9.17) is 0 Å². The normalized spacial score (nSPS) is 9.80. The van der Waals surface area contributed by atoms with Crippen LogP contribution in [0.15, 0.2) is 6.33 Å². The highest BCUT2D eigenvalue weighted by molar-refractivity contribution is 9.09. The Bertz CT molecular complexity index is 245. The lowest BCUT2D eigenvalue weighted by atomic mass is 10.4. The van der Waals surface area contributed by atoms with Crippen molar-refractivity contribution < 1.29 is 4.79 Å². The van der Waals surface area contributed by atoms with Gasteiger partial charge >= 0.3 is 0 Å². The monoisotopic (exact) mass is 203 g/mol. The molecule has 0 aliphatic heterocycles. The molecule has 0 fully saturated rings. The lowest BCUT2D eigenvalue weighted by molar-refractivity contribution is 0.101. The Hall–Kier alpha value is -0.710. The van der Waals surface area contributed by atoms with E-state index in [1.807, 2.05) is 0 Å².